The van der Waals surface area contributed by atoms with E-state index in [2.05, 4.69) is 5.32 Å². The maximum Gasteiger partial charge on any atom is 0.141 e. The molecule has 96 valence electrons. The van der Waals surface area contributed by atoms with Crippen molar-refractivity contribution in [3.05, 3.63) is 57.8 Å². The van der Waals surface area contributed by atoms with E-state index in [1.54, 1.807) is 12.1 Å². The quantitative estimate of drug-likeness (QED) is 0.909. The summed E-state index contributed by atoms with van der Waals surface area (Å²) in [5.74, 6) is 1.30. The molecule has 0 bridgehead atoms. The van der Waals surface area contributed by atoms with Crippen LogP contribution in [0.1, 0.15) is 28.7 Å². The number of hydrogen-bond donors (Lipinski definition) is 1. The molecule has 0 radical (unpaired) electrons. The fourth-order valence-corrected chi connectivity index (χ4v) is 2.32. The van der Waals surface area contributed by atoms with Gasteiger partial charge in [0.25, 0.3) is 0 Å². The van der Waals surface area contributed by atoms with Crippen LogP contribution < -0.4 is 5.32 Å². The normalized spacial score (nSPS) is 12.7. The van der Waals surface area contributed by atoms with Crippen LogP contribution in [0, 0.1) is 19.7 Å². The molecule has 0 spiro atoms. The summed E-state index contributed by atoms with van der Waals surface area (Å²) in [7, 11) is 1.85. The molecule has 2 rings (SSSR count). The van der Waals surface area contributed by atoms with Gasteiger partial charge in [-0.2, -0.15) is 0 Å². The summed E-state index contributed by atoms with van der Waals surface area (Å²) in [6.45, 7) is 3.82. The van der Waals surface area contributed by atoms with Crippen molar-refractivity contribution in [2.24, 2.45) is 0 Å². The SMILES string of the molecule is CNC(c1ccc(F)c(Cl)c1)c1cc(C)oc1C. The minimum atomic E-state index is -0.407. The lowest BCUT2D eigenvalue weighted by Crippen LogP contribution is -2.18. The standard InChI is InChI=1S/C14H15ClFNO/c1-8-6-11(9(2)18-8)14(17-3)10-4-5-13(16)12(15)7-10/h4-7,14,17H,1-3H3. The molecule has 0 saturated heterocycles. The lowest BCUT2D eigenvalue weighted by molar-refractivity contribution is 0.497. The summed E-state index contributed by atoms with van der Waals surface area (Å²) in [5.41, 5.74) is 1.95. The number of rotatable bonds is 3. The van der Waals surface area contributed by atoms with Crippen LogP contribution in [0.3, 0.4) is 0 Å². The van der Waals surface area contributed by atoms with Crippen molar-refractivity contribution in [1.29, 1.82) is 0 Å². The fraction of sp³-hybridized carbons (Fsp3) is 0.286. The van der Waals surface area contributed by atoms with Crippen molar-refractivity contribution < 1.29 is 8.81 Å². The van der Waals surface area contributed by atoms with E-state index in [9.17, 15) is 4.39 Å². The molecule has 0 saturated carbocycles. The molecule has 0 aliphatic carbocycles. The largest absolute Gasteiger partial charge is 0.466 e. The summed E-state index contributed by atoms with van der Waals surface area (Å²) in [6.07, 6.45) is 0. The Kier molecular flexibility index (Phi) is 3.73. The monoisotopic (exact) mass is 267 g/mol. The molecule has 1 heterocycles. The molecule has 0 aliphatic heterocycles. The van der Waals surface area contributed by atoms with Gasteiger partial charge in [0.1, 0.15) is 17.3 Å². The summed E-state index contributed by atoms with van der Waals surface area (Å²) in [6, 6.07) is 6.67. The van der Waals surface area contributed by atoms with Crippen molar-refractivity contribution >= 4 is 11.6 Å². The Labute approximate surface area is 111 Å². The van der Waals surface area contributed by atoms with Gasteiger partial charge in [0.15, 0.2) is 0 Å². The minimum absolute atomic E-state index is 0.0550. The fourth-order valence-electron chi connectivity index (χ4n) is 2.13. The van der Waals surface area contributed by atoms with Gasteiger partial charge in [0.2, 0.25) is 0 Å². The second-order valence-electron chi connectivity index (χ2n) is 4.26. The summed E-state index contributed by atoms with van der Waals surface area (Å²) < 4.78 is 18.7. The van der Waals surface area contributed by atoms with E-state index in [-0.39, 0.29) is 11.1 Å². The molecule has 4 heteroatoms. The molecule has 1 aromatic heterocycles. The summed E-state index contributed by atoms with van der Waals surface area (Å²) >= 11 is 5.82. The van der Waals surface area contributed by atoms with Gasteiger partial charge in [-0.25, -0.2) is 4.39 Å². The Bertz CT molecular complexity index is 565. The summed E-state index contributed by atoms with van der Waals surface area (Å²) in [4.78, 5) is 0. The Morgan fingerprint density at radius 3 is 2.50 bits per heavy atom. The van der Waals surface area contributed by atoms with Crippen LogP contribution in [0.2, 0.25) is 5.02 Å². The first-order chi connectivity index (χ1) is 8.52. The highest BCUT2D eigenvalue weighted by atomic mass is 35.5. The molecule has 18 heavy (non-hydrogen) atoms. The second kappa shape index (κ2) is 5.12. The van der Waals surface area contributed by atoms with Gasteiger partial charge in [-0.05, 0) is 44.7 Å². The number of furan rings is 1. The highest BCUT2D eigenvalue weighted by Crippen LogP contribution is 2.29. The van der Waals surface area contributed by atoms with E-state index >= 15 is 0 Å². The molecule has 0 amide bonds. The van der Waals surface area contributed by atoms with E-state index in [1.807, 2.05) is 27.0 Å². The maximum absolute atomic E-state index is 13.2. The first kappa shape index (κ1) is 13.1. The van der Waals surface area contributed by atoms with Crippen molar-refractivity contribution in [2.45, 2.75) is 19.9 Å². The number of hydrogen-bond acceptors (Lipinski definition) is 2. The van der Waals surface area contributed by atoms with Crippen molar-refractivity contribution in [1.82, 2.24) is 5.32 Å². The smallest absolute Gasteiger partial charge is 0.141 e. The molecule has 1 aromatic carbocycles. The van der Waals surface area contributed by atoms with E-state index in [1.165, 1.54) is 6.07 Å². The van der Waals surface area contributed by atoms with Gasteiger partial charge in [-0.1, -0.05) is 17.7 Å². The Balaban J connectivity index is 2.45. The van der Waals surface area contributed by atoms with Gasteiger partial charge in [0.05, 0.1) is 11.1 Å². The molecular formula is C14H15ClFNO. The molecule has 1 N–H and O–H groups in total. The van der Waals surface area contributed by atoms with E-state index in [4.69, 9.17) is 16.0 Å². The third-order valence-electron chi connectivity index (χ3n) is 2.96. The average Bonchev–Trinajstić information content (AvgIpc) is 2.64. The van der Waals surface area contributed by atoms with Gasteiger partial charge >= 0.3 is 0 Å². The average molecular weight is 268 g/mol. The van der Waals surface area contributed by atoms with Crippen LogP contribution in [0.25, 0.3) is 0 Å². The number of halogens is 2. The number of nitrogens with one attached hydrogen (secondary N) is 1. The third-order valence-corrected chi connectivity index (χ3v) is 3.25. The molecule has 2 aromatic rings. The summed E-state index contributed by atoms with van der Waals surface area (Å²) in [5, 5.41) is 3.32. The van der Waals surface area contributed by atoms with Crippen LogP contribution >= 0.6 is 11.6 Å². The highest BCUT2D eigenvalue weighted by Gasteiger charge is 2.18. The van der Waals surface area contributed by atoms with Gasteiger partial charge in [-0.15, -0.1) is 0 Å². The molecular weight excluding hydrogens is 253 g/mol. The topological polar surface area (TPSA) is 25.2 Å². The van der Waals surface area contributed by atoms with Crippen LogP contribution in [-0.4, -0.2) is 7.05 Å². The second-order valence-corrected chi connectivity index (χ2v) is 4.67. The Morgan fingerprint density at radius 2 is 2.00 bits per heavy atom. The third kappa shape index (κ3) is 2.42. The molecule has 1 atom stereocenters. The lowest BCUT2D eigenvalue weighted by Gasteiger charge is -2.16. The van der Waals surface area contributed by atoms with Gasteiger partial charge in [0, 0.05) is 5.56 Å². The maximum atomic E-state index is 13.2. The zero-order valence-electron chi connectivity index (χ0n) is 10.6. The Hall–Kier alpha value is -1.32. The van der Waals surface area contributed by atoms with E-state index in [0.29, 0.717) is 0 Å². The minimum Gasteiger partial charge on any atom is -0.466 e. The Morgan fingerprint density at radius 1 is 1.28 bits per heavy atom. The van der Waals surface area contributed by atoms with Crippen LogP contribution in [-0.2, 0) is 0 Å². The lowest BCUT2D eigenvalue weighted by atomic mass is 9.99. The van der Waals surface area contributed by atoms with Crippen molar-refractivity contribution in [3.63, 3.8) is 0 Å². The van der Waals surface area contributed by atoms with E-state index < -0.39 is 5.82 Å². The van der Waals surface area contributed by atoms with Crippen LogP contribution in [0.5, 0.6) is 0 Å². The van der Waals surface area contributed by atoms with Gasteiger partial charge in [-0.3, -0.25) is 0 Å². The van der Waals surface area contributed by atoms with Crippen molar-refractivity contribution in [3.8, 4) is 0 Å². The van der Waals surface area contributed by atoms with E-state index in [0.717, 1.165) is 22.6 Å². The first-order valence-electron chi connectivity index (χ1n) is 5.72. The molecule has 2 nitrogen and oxygen atoms in total. The molecule has 0 fully saturated rings. The highest BCUT2D eigenvalue weighted by molar-refractivity contribution is 6.30. The predicted octanol–water partition coefficient (Wildman–Crippen LogP) is 4.00. The molecule has 1 unspecified atom stereocenters. The zero-order valence-corrected chi connectivity index (χ0v) is 11.3. The van der Waals surface area contributed by atoms with Gasteiger partial charge < -0.3 is 9.73 Å². The molecule has 0 aliphatic rings. The van der Waals surface area contributed by atoms with Crippen molar-refractivity contribution in [2.75, 3.05) is 7.05 Å². The predicted molar refractivity (Wildman–Crippen MR) is 70.5 cm³/mol. The van der Waals surface area contributed by atoms with Crippen LogP contribution in [0.15, 0.2) is 28.7 Å². The number of benzene rings is 1. The van der Waals surface area contributed by atoms with Crippen LogP contribution in [0.4, 0.5) is 4.39 Å². The number of aryl methyl sites for hydroxylation is 2. The zero-order chi connectivity index (χ0) is 13.3. The first-order valence-corrected chi connectivity index (χ1v) is 6.10.